The lowest BCUT2D eigenvalue weighted by atomic mass is 9.93. The number of hydrogen-bond donors (Lipinski definition) is 2. The van der Waals surface area contributed by atoms with Crippen LogP contribution in [0.2, 0.25) is 0 Å². The lowest BCUT2D eigenvalue weighted by Gasteiger charge is -2.16. The number of ketones is 1. The SMILES string of the molecule is CC(O)C1=C(O)CCCC1=O. The molecule has 0 radical (unpaired) electrons. The Labute approximate surface area is 65.3 Å². The van der Waals surface area contributed by atoms with Gasteiger partial charge < -0.3 is 10.2 Å². The van der Waals surface area contributed by atoms with E-state index in [1.54, 1.807) is 0 Å². The number of aliphatic hydroxyl groups is 2. The first-order valence-corrected chi connectivity index (χ1v) is 3.76. The number of aliphatic hydroxyl groups excluding tert-OH is 2. The average molecular weight is 156 g/mol. The maximum atomic E-state index is 11.1. The highest BCUT2D eigenvalue weighted by molar-refractivity contribution is 5.97. The second kappa shape index (κ2) is 3.05. The van der Waals surface area contributed by atoms with Gasteiger partial charge in [0, 0.05) is 12.8 Å². The van der Waals surface area contributed by atoms with E-state index in [1.165, 1.54) is 6.92 Å². The van der Waals surface area contributed by atoms with Crippen molar-refractivity contribution >= 4 is 5.78 Å². The standard InChI is InChI=1S/C8H12O3/c1-5(9)8-6(10)3-2-4-7(8)11/h5,9-10H,2-4H2,1H3. The molecule has 2 N–H and O–H groups in total. The van der Waals surface area contributed by atoms with E-state index in [9.17, 15) is 9.90 Å². The second-order valence-electron chi connectivity index (χ2n) is 2.81. The minimum absolute atomic E-state index is 0.0660. The molecule has 3 heteroatoms. The Kier molecular flexibility index (Phi) is 2.29. The lowest BCUT2D eigenvalue weighted by molar-refractivity contribution is -0.117. The van der Waals surface area contributed by atoms with E-state index in [0.717, 1.165) is 0 Å². The molecule has 1 unspecified atom stereocenters. The van der Waals surface area contributed by atoms with Gasteiger partial charge >= 0.3 is 0 Å². The third-order valence-electron chi connectivity index (χ3n) is 1.85. The maximum Gasteiger partial charge on any atom is 0.164 e. The summed E-state index contributed by atoms with van der Waals surface area (Å²) in [5.74, 6) is -0.0556. The molecule has 0 spiro atoms. The van der Waals surface area contributed by atoms with Crippen LogP contribution >= 0.6 is 0 Å². The molecule has 0 aromatic rings. The van der Waals surface area contributed by atoms with Gasteiger partial charge in [-0.1, -0.05) is 0 Å². The van der Waals surface area contributed by atoms with Crippen LogP contribution in [-0.2, 0) is 4.79 Å². The summed E-state index contributed by atoms with van der Waals surface area (Å²) in [6, 6.07) is 0. The molecule has 1 rings (SSSR count). The van der Waals surface area contributed by atoms with Gasteiger partial charge in [0.1, 0.15) is 5.76 Å². The molecule has 62 valence electrons. The summed E-state index contributed by atoms with van der Waals surface area (Å²) in [6.07, 6.45) is 0.833. The molecule has 0 saturated carbocycles. The highest BCUT2D eigenvalue weighted by Gasteiger charge is 2.23. The topological polar surface area (TPSA) is 57.5 Å². The van der Waals surface area contributed by atoms with Crippen LogP contribution in [0.15, 0.2) is 11.3 Å². The van der Waals surface area contributed by atoms with Gasteiger partial charge in [-0.25, -0.2) is 0 Å². The number of carbonyl (C=O) groups is 1. The van der Waals surface area contributed by atoms with Gasteiger partial charge in [0.2, 0.25) is 0 Å². The summed E-state index contributed by atoms with van der Waals surface area (Å²) in [7, 11) is 0. The Morgan fingerprint density at radius 3 is 2.45 bits per heavy atom. The van der Waals surface area contributed by atoms with Crippen molar-refractivity contribution in [3.8, 4) is 0 Å². The van der Waals surface area contributed by atoms with Crippen LogP contribution in [0.1, 0.15) is 26.2 Å². The molecule has 0 aliphatic heterocycles. The van der Waals surface area contributed by atoms with Crippen LogP contribution in [0.4, 0.5) is 0 Å². The Hall–Kier alpha value is -0.830. The Morgan fingerprint density at radius 2 is 2.09 bits per heavy atom. The third-order valence-corrected chi connectivity index (χ3v) is 1.85. The van der Waals surface area contributed by atoms with Crippen molar-refractivity contribution in [2.75, 3.05) is 0 Å². The molecule has 1 aliphatic carbocycles. The van der Waals surface area contributed by atoms with Crippen LogP contribution < -0.4 is 0 Å². The van der Waals surface area contributed by atoms with E-state index in [-0.39, 0.29) is 17.1 Å². The van der Waals surface area contributed by atoms with Crippen molar-refractivity contribution in [3.63, 3.8) is 0 Å². The van der Waals surface area contributed by atoms with E-state index in [2.05, 4.69) is 0 Å². The van der Waals surface area contributed by atoms with Crippen LogP contribution in [0.25, 0.3) is 0 Å². The molecule has 0 aromatic heterocycles. The van der Waals surface area contributed by atoms with Crippen molar-refractivity contribution in [3.05, 3.63) is 11.3 Å². The zero-order valence-electron chi connectivity index (χ0n) is 6.50. The summed E-state index contributed by atoms with van der Waals surface area (Å²) in [6.45, 7) is 1.49. The summed E-state index contributed by atoms with van der Waals surface area (Å²) in [4.78, 5) is 11.1. The average Bonchev–Trinajstić information content (AvgIpc) is 1.85. The minimum Gasteiger partial charge on any atom is -0.512 e. The van der Waals surface area contributed by atoms with Gasteiger partial charge in [0.15, 0.2) is 5.78 Å². The van der Waals surface area contributed by atoms with Gasteiger partial charge in [-0.3, -0.25) is 4.79 Å². The summed E-state index contributed by atoms with van der Waals surface area (Å²) in [5, 5.41) is 18.3. The number of allylic oxidation sites excluding steroid dienone is 1. The number of hydrogen-bond acceptors (Lipinski definition) is 3. The van der Waals surface area contributed by atoms with Gasteiger partial charge in [0.05, 0.1) is 11.7 Å². The Balaban J connectivity index is 2.91. The van der Waals surface area contributed by atoms with Gasteiger partial charge in [-0.2, -0.15) is 0 Å². The quantitative estimate of drug-likeness (QED) is 0.593. The first kappa shape index (κ1) is 8.27. The maximum absolute atomic E-state index is 11.1. The summed E-state index contributed by atoms with van der Waals surface area (Å²) < 4.78 is 0. The number of Topliss-reactive ketones (excluding diaryl/α,β-unsaturated/α-hetero) is 1. The Morgan fingerprint density at radius 1 is 1.45 bits per heavy atom. The molecule has 0 heterocycles. The zero-order valence-corrected chi connectivity index (χ0v) is 6.50. The first-order valence-electron chi connectivity index (χ1n) is 3.76. The molecule has 3 nitrogen and oxygen atoms in total. The molecule has 0 aromatic carbocycles. The van der Waals surface area contributed by atoms with Crippen LogP contribution in [0.3, 0.4) is 0 Å². The van der Waals surface area contributed by atoms with Gasteiger partial charge in [-0.15, -0.1) is 0 Å². The largest absolute Gasteiger partial charge is 0.512 e. The van der Waals surface area contributed by atoms with E-state index in [1.807, 2.05) is 0 Å². The van der Waals surface area contributed by atoms with Crippen LogP contribution in [-0.4, -0.2) is 22.1 Å². The van der Waals surface area contributed by atoms with Crippen molar-refractivity contribution in [1.82, 2.24) is 0 Å². The van der Waals surface area contributed by atoms with E-state index >= 15 is 0 Å². The second-order valence-corrected chi connectivity index (χ2v) is 2.81. The predicted molar refractivity (Wildman–Crippen MR) is 40.2 cm³/mol. The fourth-order valence-electron chi connectivity index (χ4n) is 1.32. The highest BCUT2D eigenvalue weighted by atomic mass is 16.3. The molecule has 11 heavy (non-hydrogen) atoms. The van der Waals surface area contributed by atoms with Crippen LogP contribution in [0, 0.1) is 0 Å². The van der Waals surface area contributed by atoms with E-state index in [4.69, 9.17) is 5.11 Å². The van der Waals surface area contributed by atoms with Crippen molar-refractivity contribution < 1.29 is 15.0 Å². The summed E-state index contributed by atoms with van der Waals surface area (Å²) in [5.41, 5.74) is 0.205. The molecule has 1 atom stereocenters. The third kappa shape index (κ3) is 1.60. The van der Waals surface area contributed by atoms with E-state index < -0.39 is 6.10 Å². The Bertz CT molecular complexity index is 203. The van der Waals surface area contributed by atoms with Gasteiger partial charge in [0.25, 0.3) is 0 Å². The molecule has 1 aliphatic rings. The number of carbonyl (C=O) groups excluding carboxylic acids is 1. The van der Waals surface area contributed by atoms with Crippen LogP contribution in [0.5, 0.6) is 0 Å². The monoisotopic (exact) mass is 156 g/mol. The zero-order chi connectivity index (χ0) is 8.43. The lowest BCUT2D eigenvalue weighted by Crippen LogP contribution is -2.20. The fourth-order valence-corrected chi connectivity index (χ4v) is 1.32. The normalized spacial score (nSPS) is 22.2. The van der Waals surface area contributed by atoms with Crippen molar-refractivity contribution in [1.29, 1.82) is 0 Å². The molecular formula is C8H12O3. The molecule has 0 fully saturated rings. The van der Waals surface area contributed by atoms with E-state index in [0.29, 0.717) is 19.3 Å². The molecule has 0 amide bonds. The number of rotatable bonds is 1. The predicted octanol–water partition coefficient (Wildman–Crippen LogP) is 0.932. The minimum atomic E-state index is -0.831. The van der Waals surface area contributed by atoms with Gasteiger partial charge in [-0.05, 0) is 13.3 Å². The van der Waals surface area contributed by atoms with Crippen molar-refractivity contribution in [2.45, 2.75) is 32.3 Å². The molecule has 0 saturated heterocycles. The molecular weight excluding hydrogens is 144 g/mol. The molecule has 0 bridgehead atoms. The first-order chi connectivity index (χ1) is 5.13. The van der Waals surface area contributed by atoms with Crippen molar-refractivity contribution in [2.24, 2.45) is 0 Å². The smallest absolute Gasteiger partial charge is 0.164 e. The fraction of sp³-hybridized carbons (Fsp3) is 0.625. The highest BCUT2D eigenvalue weighted by Crippen LogP contribution is 2.22. The summed E-state index contributed by atoms with van der Waals surface area (Å²) >= 11 is 0.